The molecular formula is C24H26N4O. The van der Waals surface area contributed by atoms with Gasteiger partial charge in [-0.25, -0.2) is 0 Å². The maximum atomic E-state index is 6.84. The first-order chi connectivity index (χ1) is 13.9. The Bertz CT molecular complexity index is 915. The largest absolute Gasteiger partial charge is 0.399 e. The molecule has 0 heterocycles. The molecule has 0 aromatic heterocycles. The van der Waals surface area contributed by atoms with E-state index in [0.717, 1.165) is 11.1 Å². The van der Waals surface area contributed by atoms with Crippen LogP contribution in [0.25, 0.3) is 0 Å². The molecule has 4 unspecified atom stereocenters. The molecule has 0 saturated carbocycles. The fraction of sp³-hybridized carbons (Fsp3) is 0.167. The fourth-order valence-corrected chi connectivity index (χ4v) is 3.83. The smallest absolute Gasteiger partial charge is 0.104 e. The molecule has 0 amide bonds. The van der Waals surface area contributed by atoms with Gasteiger partial charge < -0.3 is 27.7 Å². The van der Waals surface area contributed by atoms with Crippen LogP contribution in [-0.2, 0) is 15.8 Å². The molecule has 2 aliphatic rings. The zero-order chi connectivity index (χ0) is 20.5. The van der Waals surface area contributed by atoms with Gasteiger partial charge in [-0.2, -0.15) is 0 Å². The molecule has 5 nitrogen and oxygen atoms in total. The Balaban J connectivity index is 1.73. The van der Waals surface area contributed by atoms with Crippen molar-refractivity contribution >= 4 is 0 Å². The molecule has 0 bridgehead atoms. The molecule has 4 rings (SSSR count). The van der Waals surface area contributed by atoms with Crippen LogP contribution < -0.4 is 22.9 Å². The van der Waals surface area contributed by atoms with E-state index in [-0.39, 0.29) is 0 Å². The van der Waals surface area contributed by atoms with Crippen molar-refractivity contribution in [1.82, 2.24) is 0 Å². The zero-order valence-electron chi connectivity index (χ0n) is 16.1. The van der Waals surface area contributed by atoms with Crippen LogP contribution >= 0.6 is 0 Å². The van der Waals surface area contributed by atoms with Crippen molar-refractivity contribution in [1.29, 1.82) is 0 Å². The maximum absolute atomic E-state index is 6.84. The highest BCUT2D eigenvalue weighted by Gasteiger charge is 2.43. The minimum atomic E-state index is -0.883. The van der Waals surface area contributed by atoms with E-state index < -0.39 is 23.3 Å². The Kier molecular flexibility index (Phi) is 4.88. The lowest BCUT2D eigenvalue weighted by Gasteiger charge is -2.42. The van der Waals surface area contributed by atoms with Crippen LogP contribution in [-0.4, -0.2) is 12.2 Å². The highest BCUT2D eigenvalue weighted by molar-refractivity contribution is 5.42. The van der Waals surface area contributed by atoms with Crippen LogP contribution in [0, 0.1) is 0 Å². The first-order valence-corrected chi connectivity index (χ1v) is 9.59. The predicted octanol–water partition coefficient (Wildman–Crippen LogP) is 2.27. The van der Waals surface area contributed by atoms with Crippen molar-refractivity contribution in [3.05, 3.63) is 120 Å². The van der Waals surface area contributed by atoms with E-state index in [9.17, 15) is 0 Å². The number of ether oxygens (including phenoxy) is 1. The molecule has 29 heavy (non-hydrogen) atoms. The topological polar surface area (TPSA) is 113 Å². The van der Waals surface area contributed by atoms with Crippen LogP contribution in [0.2, 0.25) is 0 Å². The van der Waals surface area contributed by atoms with E-state index in [1.165, 1.54) is 0 Å². The Hall–Kier alpha value is -3.12. The monoisotopic (exact) mass is 386 g/mol. The molecule has 0 spiro atoms. The molecule has 0 saturated heterocycles. The van der Waals surface area contributed by atoms with Crippen LogP contribution in [0.5, 0.6) is 0 Å². The summed E-state index contributed by atoms with van der Waals surface area (Å²) < 4.78 is 6.55. The van der Waals surface area contributed by atoms with Gasteiger partial charge >= 0.3 is 0 Å². The number of hydrogen-bond donors (Lipinski definition) is 4. The number of rotatable bonds is 4. The van der Waals surface area contributed by atoms with Crippen molar-refractivity contribution in [3.8, 4) is 0 Å². The van der Waals surface area contributed by atoms with Gasteiger partial charge in [0.2, 0.25) is 0 Å². The number of benzene rings is 2. The Morgan fingerprint density at radius 1 is 0.621 bits per heavy atom. The van der Waals surface area contributed by atoms with Gasteiger partial charge in [0.25, 0.3) is 0 Å². The SMILES string of the molecule is NC1=CC(OC2C=C(N)C=CC2(N)c2ccccc2)C(N)(c2ccccc2)C=C1. The van der Waals surface area contributed by atoms with E-state index >= 15 is 0 Å². The normalized spacial score (nSPS) is 31.2. The highest BCUT2D eigenvalue weighted by Crippen LogP contribution is 2.36. The third-order valence-electron chi connectivity index (χ3n) is 5.57. The minimum Gasteiger partial charge on any atom is -0.399 e. The lowest BCUT2D eigenvalue weighted by molar-refractivity contribution is -0.0227. The summed E-state index contributed by atoms with van der Waals surface area (Å²) in [4.78, 5) is 0. The quantitative estimate of drug-likeness (QED) is 0.644. The average Bonchev–Trinajstić information content (AvgIpc) is 2.75. The summed E-state index contributed by atoms with van der Waals surface area (Å²) in [7, 11) is 0. The van der Waals surface area contributed by atoms with Crippen LogP contribution in [0.15, 0.2) is 109 Å². The Labute approximate surface area is 171 Å². The summed E-state index contributed by atoms with van der Waals surface area (Å²) in [5.41, 5.74) is 27.1. The van der Waals surface area contributed by atoms with E-state index in [2.05, 4.69) is 0 Å². The molecular weight excluding hydrogens is 360 g/mol. The standard InChI is InChI=1S/C24H26N4O/c25-19-11-13-23(27,17-7-3-1-4-8-17)21(15-19)29-22-16-20(26)12-14-24(22,28)18-9-5-2-6-10-18/h1-16,21-22H,25-28H2. The minimum absolute atomic E-state index is 0.526. The van der Waals surface area contributed by atoms with Gasteiger partial charge in [-0.15, -0.1) is 0 Å². The predicted molar refractivity (Wildman–Crippen MR) is 116 cm³/mol. The second-order valence-electron chi connectivity index (χ2n) is 7.58. The van der Waals surface area contributed by atoms with Crippen LogP contribution in [0.4, 0.5) is 0 Å². The van der Waals surface area contributed by atoms with Crippen molar-refractivity contribution < 1.29 is 4.74 Å². The van der Waals surface area contributed by atoms with Crippen molar-refractivity contribution in [2.75, 3.05) is 0 Å². The lowest BCUT2D eigenvalue weighted by Crippen LogP contribution is -2.55. The third kappa shape index (κ3) is 3.51. The van der Waals surface area contributed by atoms with E-state index in [1.807, 2.05) is 97.1 Å². The molecule has 8 N–H and O–H groups in total. The molecule has 2 aliphatic carbocycles. The highest BCUT2D eigenvalue weighted by atomic mass is 16.5. The van der Waals surface area contributed by atoms with Crippen molar-refractivity contribution in [2.24, 2.45) is 22.9 Å². The van der Waals surface area contributed by atoms with Gasteiger partial charge in [-0.3, -0.25) is 0 Å². The molecule has 2 aromatic carbocycles. The second kappa shape index (κ2) is 7.37. The van der Waals surface area contributed by atoms with Gasteiger partial charge in [0.15, 0.2) is 0 Å². The first kappa shape index (κ1) is 19.2. The fourth-order valence-electron chi connectivity index (χ4n) is 3.83. The Morgan fingerprint density at radius 3 is 1.38 bits per heavy atom. The van der Waals surface area contributed by atoms with Gasteiger partial charge in [0.05, 0.1) is 11.1 Å². The zero-order valence-corrected chi connectivity index (χ0v) is 16.1. The van der Waals surface area contributed by atoms with Gasteiger partial charge in [0.1, 0.15) is 12.2 Å². The molecule has 2 aromatic rings. The summed E-state index contributed by atoms with van der Waals surface area (Å²) in [5, 5.41) is 0. The molecule has 0 radical (unpaired) electrons. The van der Waals surface area contributed by atoms with Crippen molar-refractivity contribution in [2.45, 2.75) is 23.3 Å². The van der Waals surface area contributed by atoms with Crippen molar-refractivity contribution in [3.63, 3.8) is 0 Å². The maximum Gasteiger partial charge on any atom is 0.104 e. The van der Waals surface area contributed by atoms with E-state index in [4.69, 9.17) is 27.7 Å². The third-order valence-corrected chi connectivity index (χ3v) is 5.57. The summed E-state index contributed by atoms with van der Waals surface area (Å²) >= 11 is 0. The molecule has 4 atom stereocenters. The summed E-state index contributed by atoms with van der Waals surface area (Å²) in [5.74, 6) is 0. The van der Waals surface area contributed by atoms with Gasteiger partial charge in [0, 0.05) is 11.4 Å². The first-order valence-electron chi connectivity index (χ1n) is 9.59. The average molecular weight is 386 g/mol. The van der Waals surface area contributed by atoms with Crippen LogP contribution in [0.1, 0.15) is 11.1 Å². The summed E-state index contributed by atoms with van der Waals surface area (Å²) in [6.45, 7) is 0. The van der Waals surface area contributed by atoms with E-state index in [1.54, 1.807) is 0 Å². The molecule has 0 fully saturated rings. The summed E-state index contributed by atoms with van der Waals surface area (Å²) in [6, 6.07) is 19.6. The number of hydrogen-bond acceptors (Lipinski definition) is 5. The van der Waals surface area contributed by atoms with E-state index in [0.29, 0.717) is 11.4 Å². The van der Waals surface area contributed by atoms with Gasteiger partial charge in [-0.1, -0.05) is 72.8 Å². The lowest BCUT2D eigenvalue weighted by atomic mass is 9.79. The number of allylic oxidation sites excluding steroid dienone is 2. The van der Waals surface area contributed by atoms with Crippen LogP contribution in [0.3, 0.4) is 0 Å². The molecule has 5 heteroatoms. The number of nitrogens with two attached hydrogens (primary N) is 4. The molecule has 148 valence electrons. The second-order valence-corrected chi connectivity index (χ2v) is 7.58. The Morgan fingerprint density at radius 2 is 1.00 bits per heavy atom. The van der Waals surface area contributed by atoms with Gasteiger partial charge in [-0.05, 0) is 35.4 Å². The molecule has 0 aliphatic heterocycles. The summed E-state index contributed by atoms with van der Waals surface area (Å²) in [6.07, 6.45) is 10.0.